The summed E-state index contributed by atoms with van der Waals surface area (Å²) >= 11 is 0. The number of rotatable bonds is 3. The van der Waals surface area contributed by atoms with Gasteiger partial charge in [0.05, 0.1) is 12.1 Å². The molecule has 10 heteroatoms. The Balaban J connectivity index is 0.000000360. The average molecular weight is 452 g/mol. The van der Waals surface area contributed by atoms with Crippen molar-refractivity contribution in [2.75, 3.05) is 20.1 Å². The van der Waals surface area contributed by atoms with E-state index in [0.29, 0.717) is 0 Å². The minimum Gasteiger partial charge on any atom is -0.475 e. The number of likely N-dealkylation sites (N-methyl/N-ethyl adjacent to an activating group) is 1. The Morgan fingerprint density at radius 2 is 1.88 bits per heavy atom. The van der Waals surface area contributed by atoms with Gasteiger partial charge in [0, 0.05) is 32.4 Å². The lowest BCUT2D eigenvalue weighted by Crippen LogP contribution is -2.41. The van der Waals surface area contributed by atoms with Gasteiger partial charge in [-0.3, -0.25) is 14.4 Å². The Bertz CT molecular complexity index is 965. The van der Waals surface area contributed by atoms with Gasteiger partial charge >= 0.3 is 12.1 Å². The number of nitrogens with one attached hydrogen (secondary N) is 1. The number of piperidine rings is 1. The van der Waals surface area contributed by atoms with Gasteiger partial charge in [0.25, 0.3) is 0 Å². The van der Waals surface area contributed by atoms with E-state index in [9.17, 15) is 18.0 Å². The normalized spacial score (nSPS) is 19.7. The Morgan fingerprint density at radius 1 is 1.25 bits per heavy atom. The number of carbonyl (C=O) groups is 2. The molecule has 2 N–H and O–H groups in total. The van der Waals surface area contributed by atoms with Crippen LogP contribution in [-0.2, 0) is 28.6 Å². The van der Waals surface area contributed by atoms with Gasteiger partial charge in [-0.2, -0.15) is 18.3 Å². The molecule has 1 aliphatic carbocycles. The Kier molecular flexibility index (Phi) is 6.92. The molecule has 32 heavy (non-hydrogen) atoms. The van der Waals surface area contributed by atoms with Gasteiger partial charge in [0.1, 0.15) is 0 Å². The first-order valence-corrected chi connectivity index (χ1v) is 10.4. The first-order chi connectivity index (χ1) is 15.1. The van der Waals surface area contributed by atoms with Crippen molar-refractivity contribution in [1.82, 2.24) is 20.0 Å². The number of carboxylic acid groups (broad SMARTS) is 1. The molecule has 1 aromatic heterocycles. The Morgan fingerprint density at radius 3 is 2.41 bits per heavy atom. The van der Waals surface area contributed by atoms with E-state index in [-0.39, 0.29) is 17.2 Å². The molecule has 1 amide bonds. The summed E-state index contributed by atoms with van der Waals surface area (Å²) in [6, 6.07) is 8.57. The fourth-order valence-electron chi connectivity index (χ4n) is 4.73. The van der Waals surface area contributed by atoms with Crippen molar-refractivity contribution in [3.05, 3.63) is 53.3 Å². The highest BCUT2D eigenvalue weighted by molar-refractivity contribution is 5.85. The quantitative estimate of drug-likeness (QED) is 0.748. The maximum atomic E-state index is 12.4. The molecule has 1 aliphatic heterocycles. The van der Waals surface area contributed by atoms with Gasteiger partial charge in [0.2, 0.25) is 5.91 Å². The van der Waals surface area contributed by atoms with Crippen molar-refractivity contribution in [3.8, 4) is 0 Å². The fraction of sp³-hybridized carbons (Fsp3) is 0.500. The molecule has 1 saturated heterocycles. The number of aromatic nitrogens is 2. The van der Waals surface area contributed by atoms with Gasteiger partial charge in [0.15, 0.2) is 0 Å². The number of hydrogen-bond acceptors (Lipinski definition) is 4. The highest BCUT2D eigenvalue weighted by Crippen LogP contribution is 2.51. The van der Waals surface area contributed by atoms with Crippen molar-refractivity contribution in [2.24, 2.45) is 7.05 Å². The number of amides is 1. The topological polar surface area (TPSA) is 87.5 Å². The van der Waals surface area contributed by atoms with E-state index in [2.05, 4.69) is 45.8 Å². The summed E-state index contributed by atoms with van der Waals surface area (Å²) in [5.41, 5.74) is 4.08. The van der Waals surface area contributed by atoms with Crippen LogP contribution in [0.4, 0.5) is 13.2 Å². The van der Waals surface area contributed by atoms with Gasteiger partial charge in [-0.1, -0.05) is 24.3 Å². The number of carboxylic acids is 1. The SMILES string of the molecule is CNC(=O)C1CC2(CCN(Cc3cnn(C)c3)CC2)c2ccccc21.O=C(O)C(F)(F)F. The number of aliphatic carboxylic acids is 1. The number of carbonyl (C=O) groups excluding carboxylic acids is 1. The summed E-state index contributed by atoms with van der Waals surface area (Å²) in [7, 11) is 3.70. The summed E-state index contributed by atoms with van der Waals surface area (Å²) in [5, 5.41) is 14.2. The first kappa shape index (κ1) is 23.8. The van der Waals surface area contributed by atoms with Crippen LogP contribution in [0.3, 0.4) is 0 Å². The largest absolute Gasteiger partial charge is 0.490 e. The van der Waals surface area contributed by atoms with E-state index in [1.807, 2.05) is 17.9 Å². The third-order valence-corrected chi connectivity index (χ3v) is 6.29. The third kappa shape index (κ3) is 5.12. The smallest absolute Gasteiger partial charge is 0.475 e. The minimum absolute atomic E-state index is 0.00562. The lowest BCUT2D eigenvalue weighted by atomic mass is 9.73. The number of nitrogens with zero attached hydrogens (tertiary/aromatic N) is 3. The van der Waals surface area contributed by atoms with Gasteiger partial charge in [-0.15, -0.1) is 0 Å². The maximum Gasteiger partial charge on any atom is 0.490 e. The summed E-state index contributed by atoms with van der Waals surface area (Å²) in [6.45, 7) is 3.11. The van der Waals surface area contributed by atoms with Crippen molar-refractivity contribution in [2.45, 2.75) is 43.3 Å². The molecule has 174 valence electrons. The monoisotopic (exact) mass is 452 g/mol. The van der Waals surface area contributed by atoms with Crippen molar-refractivity contribution < 1.29 is 27.9 Å². The molecule has 2 heterocycles. The average Bonchev–Trinajstić information content (AvgIpc) is 3.30. The molecule has 0 bridgehead atoms. The second-order valence-electron chi connectivity index (χ2n) is 8.34. The predicted octanol–water partition coefficient (Wildman–Crippen LogP) is 2.82. The van der Waals surface area contributed by atoms with Gasteiger partial charge in [-0.25, -0.2) is 4.79 Å². The van der Waals surface area contributed by atoms with E-state index in [4.69, 9.17) is 9.90 Å². The summed E-state index contributed by atoms with van der Waals surface area (Å²) < 4.78 is 33.6. The standard InChI is InChI=1S/C20H26N4O.C2HF3O2/c1-21-19(25)17-11-20(18-6-4-3-5-16(17)18)7-9-24(10-8-20)14-15-12-22-23(2)13-15;3-2(4,5)1(6)7/h3-6,12-13,17H,7-11,14H2,1-2H3,(H,21,25);(H,6,7). The highest BCUT2D eigenvalue weighted by Gasteiger charge is 2.47. The van der Waals surface area contributed by atoms with Crippen molar-refractivity contribution in [3.63, 3.8) is 0 Å². The molecule has 4 rings (SSSR count). The Hall–Kier alpha value is -2.88. The van der Waals surface area contributed by atoms with E-state index >= 15 is 0 Å². The first-order valence-electron chi connectivity index (χ1n) is 10.4. The molecular weight excluding hydrogens is 425 g/mol. The minimum atomic E-state index is -5.08. The molecule has 7 nitrogen and oxygen atoms in total. The van der Waals surface area contributed by atoms with Gasteiger partial charge in [-0.05, 0) is 48.9 Å². The number of aryl methyl sites for hydroxylation is 1. The third-order valence-electron chi connectivity index (χ3n) is 6.29. The number of hydrogen-bond donors (Lipinski definition) is 2. The van der Waals surface area contributed by atoms with E-state index in [1.165, 1.54) is 16.7 Å². The second-order valence-corrected chi connectivity index (χ2v) is 8.34. The summed E-state index contributed by atoms with van der Waals surface area (Å²) in [5.74, 6) is -2.60. The maximum absolute atomic E-state index is 12.4. The molecule has 0 saturated carbocycles. The van der Waals surface area contributed by atoms with E-state index < -0.39 is 12.1 Å². The summed E-state index contributed by atoms with van der Waals surface area (Å²) in [4.78, 5) is 23.8. The van der Waals surface area contributed by atoms with Crippen LogP contribution in [0, 0.1) is 0 Å². The predicted molar refractivity (Wildman–Crippen MR) is 111 cm³/mol. The van der Waals surface area contributed by atoms with Crippen molar-refractivity contribution in [1.29, 1.82) is 0 Å². The zero-order valence-electron chi connectivity index (χ0n) is 18.0. The van der Waals surface area contributed by atoms with E-state index in [1.54, 1.807) is 7.05 Å². The van der Waals surface area contributed by atoms with Crippen LogP contribution in [-0.4, -0.2) is 58.0 Å². The van der Waals surface area contributed by atoms with Crippen LogP contribution in [0.15, 0.2) is 36.7 Å². The van der Waals surface area contributed by atoms with Gasteiger partial charge < -0.3 is 10.4 Å². The number of fused-ring (bicyclic) bond motifs is 2. The van der Waals surface area contributed by atoms with Crippen LogP contribution in [0.1, 0.15) is 41.9 Å². The molecule has 1 spiro atoms. The molecule has 2 aromatic rings. The fourth-order valence-corrected chi connectivity index (χ4v) is 4.73. The zero-order chi connectivity index (χ0) is 23.5. The molecule has 0 radical (unpaired) electrons. The number of benzene rings is 1. The Labute approximate surface area is 184 Å². The summed E-state index contributed by atoms with van der Waals surface area (Å²) in [6.07, 6.45) is 2.16. The number of alkyl halides is 3. The molecule has 1 fully saturated rings. The van der Waals surface area contributed by atoms with Crippen molar-refractivity contribution >= 4 is 11.9 Å². The van der Waals surface area contributed by atoms with Crippen LogP contribution < -0.4 is 5.32 Å². The molecule has 1 unspecified atom stereocenters. The molecular formula is C22H27F3N4O3. The second kappa shape index (κ2) is 9.32. The van der Waals surface area contributed by atoms with Crippen LogP contribution >= 0.6 is 0 Å². The lowest BCUT2D eigenvalue weighted by molar-refractivity contribution is -0.192. The molecule has 1 atom stereocenters. The molecule has 1 aromatic carbocycles. The highest BCUT2D eigenvalue weighted by atomic mass is 19.4. The van der Waals surface area contributed by atoms with Crippen LogP contribution in [0.25, 0.3) is 0 Å². The lowest BCUT2D eigenvalue weighted by Gasteiger charge is -2.40. The molecule has 2 aliphatic rings. The number of likely N-dealkylation sites (tertiary alicyclic amines) is 1. The van der Waals surface area contributed by atoms with E-state index in [0.717, 1.165) is 38.9 Å². The van der Waals surface area contributed by atoms with Crippen LogP contribution in [0.2, 0.25) is 0 Å². The number of halogens is 3. The zero-order valence-corrected chi connectivity index (χ0v) is 18.0. The van der Waals surface area contributed by atoms with Crippen LogP contribution in [0.5, 0.6) is 0 Å².